The van der Waals surface area contributed by atoms with E-state index in [0.717, 1.165) is 30.5 Å². The Labute approximate surface area is 164 Å². The Kier molecular flexibility index (Phi) is 5.47. The number of nitrogens with one attached hydrogen (secondary N) is 1. The third-order valence-electron chi connectivity index (χ3n) is 5.25. The van der Waals surface area contributed by atoms with Crippen LogP contribution in [0.15, 0.2) is 23.0 Å². The highest BCUT2D eigenvalue weighted by Crippen LogP contribution is 2.36. The van der Waals surface area contributed by atoms with Crippen LogP contribution in [0.5, 0.6) is 0 Å². The van der Waals surface area contributed by atoms with Gasteiger partial charge in [0.1, 0.15) is 0 Å². The lowest BCUT2D eigenvalue weighted by Gasteiger charge is -2.19. The molecule has 1 aromatic heterocycles. The summed E-state index contributed by atoms with van der Waals surface area (Å²) < 4.78 is 0. The highest BCUT2D eigenvalue weighted by atomic mass is 16.1. The molecule has 0 atom stereocenters. The third kappa shape index (κ3) is 3.75. The van der Waals surface area contributed by atoms with Crippen molar-refractivity contribution in [1.29, 1.82) is 10.5 Å². The lowest BCUT2D eigenvalue weighted by atomic mass is 9.86. The molecule has 5 nitrogen and oxygen atoms in total. The normalized spacial score (nSPS) is 13.2. The van der Waals surface area contributed by atoms with E-state index in [1.54, 1.807) is 0 Å². The predicted molar refractivity (Wildman–Crippen MR) is 106 cm³/mol. The number of H-pyrrole nitrogens is 1. The molecule has 5 heteroatoms. The second-order valence-electron chi connectivity index (χ2n) is 7.71. The Hall–Kier alpha value is -3.18. The maximum absolute atomic E-state index is 13.6. The first kappa shape index (κ1) is 19.6. The molecule has 1 heterocycles. The van der Waals surface area contributed by atoms with Gasteiger partial charge in [-0.05, 0) is 61.3 Å². The highest BCUT2D eigenvalue weighted by Gasteiger charge is 2.30. The Morgan fingerprint density at radius 3 is 2.25 bits per heavy atom. The number of rotatable bonds is 6. The summed E-state index contributed by atoms with van der Waals surface area (Å²) in [4.78, 5) is 29.4. The van der Waals surface area contributed by atoms with Gasteiger partial charge in [-0.25, -0.2) is 0 Å². The van der Waals surface area contributed by atoms with Gasteiger partial charge in [-0.3, -0.25) is 9.59 Å². The fraction of sp³-hybridized carbons (Fsp3) is 0.391. The van der Waals surface area contributed by atoms with Crippen LogP contribution in [-0.2, 0) is 12.8 Å². The third-order valence-corrected chi connectivity index (χ3v) is 5.25. The number of aromatic amines is 1. The molecule has 1 aromatic carbocycles. The average Bonchev–Trinajstić information content (AvgIpc) is 3.51. The Morgan fingerprint density at radius 1 is 1.18 bits per heavy atom. The molecule has 0 spiro atoms. The van der Waals surface area contributed by atoms with Crippen molar-refractivity contribution in [3.8, 4) is 12.1 Å². The number of nitriles is 2. The van der Waals surface area contributed by atoms with Gasteiger partial charge in [-0.15, -0.1) is 0 Å². The number of pyridine rings is 1. The van der Waals surface area contributed by atoms with Crippen LogP contribution in [-0.4, -0.2) is 10.8 Å². The number of aryl methyl sites for hydroxylation is 1. The van der Waals surface area contributed by atoms with Crippen molar-refractivity contribution in [3.63, 3.8) is 0 Å². The van der Waals surface area contributed by atoms with Crippen molar-refractivity contribution in [3.05, 3.63) is 67.6 Å². The molecule has 0 saturated heterocycles. The molecular formula is C23H23N3O2. The van der Waals surface area contributed by atoms with Gasteiger partial charge < -0.3 is 4.98 Å². The van der Waals surface area contributed by atoms with E-state index in [1.807, 2.05) is 32.9 Å². The number of ketones is 1. The van der Waals surface area contributed by atoms with Crippen molar-refractivity contribution < 1.29 is 4.79 Å². The number of aromatic nitrogens is 1. The molecule has 28 heavy (non-hydrogen) atoms. The van der Waals surface area contributed by atoms with Crippen molar-refractivity contribution in [2.45, 2.75) is 52.4 Å². The molecule has 142 valence electrons. The molecule has 3 rings (SSSR count). The molecule has 0 unspecified atom stereocenters. The summed E-state index contributed by atoms with van der Waals surface area (Å²) in [6, 6.07) is 8.47. The lowest BCUT2D eigenvalue weighted by molar-refractivity contribution is 0.103. The van der Waals surface area contributed by atoms with Crippen LogP contribution in [0.3, 0.4) is 0 Å². The minimum Gasteiger partial charge on any atom is -0.326 e. The fourth-order valence-electron chi connectivity index (χ4n) is 3.69. The van der Waals surface area contributed by atoms with Gasteiger partial charge >= 0.3 is 0 Å². The number of benzene rings is 1. The quantitative estimate of drug-likeness (QED) is 0.774. The molecule has 0 radical (unpaired) electrons. The summed E-state index contributed by atoms with van der Waals surface area (Å²) in [7, 11) is 0. The molecule has 1 aliphatic rings. The number of hydrogen-bond donors (Lipinski definition) is 1. The van der Waals surface area contributed by atoms with E-state index in [-0.39, 0.29) is 34.0 Å². The molecule has 1 aliphatic carbocycles. The number of nitrogens with zero attached hydrogens (tertiary/aromatic N) is 2. The van der Waals surface area contributed by atoms with Crippen LogP contribution in [0.25, 0.3) is 0 Å². The zero-order chi connectivity index (χ0) is 20.4. The smallest absolute Gasteiger partial charge is 0.252 e. The zero-order valence-corrected chi connectivity index (χ0v) is 16.4. The van der Waals surface area contributed by atoms with E-state index < -0.39 is 0 Å². The highest BCUT2D eigenvalue weighted by molar-refractivity contribution is 6.11. The van der Waals surface area contributed by atoms with Crippen molar-refractivity contribution in [2.75, 3.05) is 0 Å². The first-order chi connectivity index (χ1) is 13.4. The molecule has 0 bridgehead atoms. The van der Waals surface area contributed by atoms with E-state index in [0.29, 0.717) is 23.5 Å². The first-order valence-electron chi connectivity index (χ1n) is 9.67. The average molecular weight is 373 g/mol. The second kappa shape index (κ2) is 7.82. The van der Waals surface area contributed by atoms with Gasteiger partial charge in [0, 0.05) is 22.4 Å². The largest absolute Gasteiger partial charge is 0.326 e. The fourth-order valence-corrected chi connectivity index (χ4v) is 3.69. The number of carbonyl (C=O) groups is 1. The van der Waals surface area contributed by atoms with Crippen LogP contribution in [0.2, 0.25) is 0 Å². The Balaban J connectivity index is 2.28. The molecule has 1 saturated carbocycles. The Morgan fingerprint density at radius 2 is 1.79 bits per heavy atom. The van der Waals surface area contributed by atoms with E-state index in [1.165, 1.54) is 18.2 Å². The molecule has 0 amide bonds. The minimum atomic E-state index is -0.284. The zero-order valence-electron chi connectivity index (χ0n) is 16.4. The Bertz CT molecular complexity index is 1040. The topological polar surface area (TPSA) is 97.5 Å². The van der Waals surface area contributed by atoms with Gasteiger partial charge in [0.2, 0.25) is 0 Å². The van der Waals surface area contributed by atoms with Gasteiger partial charge in [0.25, 0.3) is 5.56 Å². The second-order valence-corrected chi connectivity index (χ2v) is 7.71. The maximum atomic E-state index is 13.6. The molecule has 1 N–H and O–H groups in total. The monoisotopic (exact) mass is 373 g/mol. The molecule has 0 aliphatic heterocycles. The summed E-state index contributed by atoms with van der Waals surface area (Å²) >= 11 is 0. The van der Waals surface area contributed by atoms with E-state index in [9.17, 15) is 20.1 Å². The van der Waals surface area contributed by atoms with Crippen LogP contribution >= 0.6 is 0 Å². The summed E-state index contributed by atoms with van der Waals surface area (Å²) in [5.41, 5.74) is 3.24. The number of hydrogen-bond acceptors (Lipinski definition) is 4. The lowest BCUT2D eigenvalue weighted by Crippen LogP contribution is -2.25. The van der Waals surface area contributed by atoms with Crippen LogP contribution < -0.4 is 5.56 Å². The molecule has 2 aromatic rings. The number of carbonyl (C=O) groups excluding carboxylic acids is 1. The van der Waals surface area contributed by atoms with E-state index >= 15 is 0 Å². The summed E-state index contributed by atoms with van der Waals surface area (Å²) in [6.07, 6.45) is 3.67. The molecule has 1 fully saturated rings. The summed E-state index contributed by atoms with van der Waals surface area (Å²) in [6.45, 7) is 5.77. The predicted octanol–water partition coefficient (Wildman–Crippen LogP) is 3.99. The van der Waals surface area contributed by atoms with Crippen LogP contribution in [0, 0.1) is 28.6 Å². The summed E-state index contributed by atoms with van der Waals surface area (Å²) in [5.74, 6) is 0.137. The van der Waals surface area contributed by atoms with Crippen molar-refractivity contribution >= 4 is 5.78 Å². The van der Waals surface area contributed by atoms with Gasteiger partial charge in [-0.1, -0.05) is 20.8 Å². The van der Waals surface area contributed by atoms with Gasteiger partial charge in [-0.2, -0.15) is 10.5 Å². The van der Waals surface area contributed by atoms with E-state index in [4.69, 9.17) is 0 Å². The SMILES string of the molecule is CCc1[nH]c(=O)c(C(C)C)c(C(=O)c2cc(C#N)cc(C#N)c2)c1CC1CC1. The van der Waals surface area contributed by atoms with Gasteiger partial charge in [0.15, 0.2) is 5.78 Å². The van der Waals surface area contributed by atoms with Crippen molar-refractivity contribution in [1.82, 2.24) is 4.98 Å². The van der Waals surface area contributed by atoms with Crippen LogP contribution in [0.1, 0.15) is 83.4 Å². The summed E-state index contributed by atoms with van der Waals surface area (Å²) in [5, 5.41) is 18.5. The molecular weight excluding hydrogens is 350 g/mol. The first-order valence-corrected chi connectivity index (χ1v) is 9.67. The van der Waals surface area contributed by atoms with E-state index in [2.05, 4.69) is 4.98 Å². The minimum absolute atomic E-state index is 0.124. The standard InChI is InChI=1S/C23H23N3O2/c1-4-19-18(10-14-5-6-14)21(20(13(2)3)23(28)26-19)22(27)17-8-15(11-24)7-16(9-17)12-25/h7-9,13-14H,4-6,10H2,1-3H3,(H,26,28). The van der Waals surface area contributed by atoms with Crippen LogP contribution in [0.4, 0.5) is 0 Å². The van der Waals surface area contributed by atoms with Gasteiger partial charge in [0.05, 0.1) is 23.3 Å². The van der Waals surface area contributed by atoms with Crippen molar-refractivity contribution in [2.24, 2.45) is 5.92 Å². The maximum Gasteiger partial charge on any atom is 0.252 e.